The number of aryl methyl sites for hydroxylation is 1. The monoisotopic (exact) mass is 324 g/mol. The van der Waals surface area contributed by atoms with Gasteiger partial charge in [0.15, 0.2) is 0 Å². The molecular weight excluding hydrogens is 304 g/mol. The van der Waals surface area contributed by atoms with Crippen molar-refractivity contribution in [1.29, 1.82) is 0 Å². The SMILES string of the molecule is NS(=O)(=O)c1ccc(-c2cn(CCCCCCO)nn2)cc1. The molecule has 0 aliphatic carbocycles. The van der Waals surface area contributed by atoms with Gasteiger partial charge in [0.25, 0.3) is 0 Å². The third kappa shape index (κ3) is 4.62. The molecule has 0 unspecified atom stereocenters. The van der Waals surface area contributed by atoms with Gasteiger partial charge >= 0.3 is 0 Å². The van der Waals surface area contributed by atoms with Crippen LogP contribution in [0.4, 0.5) is 0 Å². The predicted octanol–water partition coefficient (Wildman–Crippen LogP) is 1.15. The van der Waals surface area contributed by atoms with Gasteiger partial charge in [-0.2, -0.15) is 0 Å². The zero-order valence-corrected chi connectivity index (χ0v) is 13.0. The third-order valence-corrected chi connectivity index (χ3v) is 4.24. The van der Waals surface area contributed by atoms with Gasteiger partial charge in [-0.1, -0.05) is 30.2 Å². The van der Waals surface area contributed by atoms with E-state index >= 15 is 0 Å². The fourth-order valence-electron chi connectivity index (χ4n) is 2.09. The van der Waals surface area contributed by atoms with Crippen LogP contribution in [0.2, 0.25) is 0 Å². The summed E-state index contributed by atoms with van der Waals surface area (Å²) in [5.74, 6) is 0. The number of unbranched alkanes of at least 4 members (excludes halogenated alkanes) is 3. The highest BCUT2D eigenvalue weighted by Gasteiger charge is 2.09. The number of sulfonamides is 1. The summed E-state index contributed by atoms with van der Waals surface area (Å²) in [4.78, 5) is 0.0764. The first-order valence-corrected chi connectivity index (χ1v) is 8.69. The summed E-state index contributed by atoms with van der Waals surface area (Å²) < 4.78 is 24.2. The van der Waals surface area contributed by atoms with Gasteiger partial charge in [-0.3, -0.25) is 4.68 Å². The summed E-state index contributed by atoms with van der Waals surface area (Å²) in [5, 5.41) is 21.9. The van der Waals surface area contributed by atoms with Crippen LogP contribution in [-0.4, -0.2) is 35.1 Å². The van der Waals surface area contributed by atoms with E-state index in [9.17, 15) is 8.42 Å². The Morgan fingerprint density at radius 1 is 1.09 bits per heavy atom. The van der Waals surface area contributed by atoms with Crippen LogP contribution in [0.3, 0.4) is 0 Å². The number of aliphatic hydroxyl groups is 1. The molecule has 0 atom stereocenters. The first-order chi connectivity index (χ1) is 10.5. The van der Waals surface area contributed by atoms with Crippen LogP contribution in [-0.2, 0) is 16.6 Å². The van der Waals surface area contributed by atoms with E-state index in [1.165, 1.54) is 12.1 Å². The lowest BCUT2D eigenvalue weighted by Gasteiger charge is -2.00. The number of benzene rings is 1. The van der Waals surface area contributed by atoms with Crippen molar-refractivity contribution in [3.05, 3.63) is 30.5 Å². The molecule has 0 fully saturated rings. The van der Waals surface area contributed by atoms with Crippen molar-refractivity contribution in [2.24, 2.45) is 5.14 Å². The maximum Gasteiger partial charge on any atom is 0.238 e. The first-order valence-electron chi connectivity index (χ1n) is 7.15. The number of hydrogen-bond acceptors (Lipinski definition) is 5. The number of aromatic nitrogens is 3. The lowest BCUT2D eigenvalue weighted by molar-refractivity contribution is 0.282. The molecule has 1 aromatic carbocycles. The molecule has 0 bridgehead atoms. The van der Waals surface area contributed by atoms with Gasteiger partial charge in [-0.05, 0) is 25.0 Å². The average molecular weight is 324 g/mol. The molecule has 7 nitrogen and oxygen atoms in total. The average Bonchev–Trinajstić information content (AvgIpc) is 2.95. The molecule has 0 saturated carbocycles. The van der Waals surface area contributed by atoms with E-state index < -0.39 is 10.0 Å². The van der Waals surface area contributed by atoms with E-state index in [1.54, 1.807) is 16.8 Å². The lowest BCUT2D eigenvalue weighted by atomic mass is 10.2. The Hall–Kier alpha value is -1.77. The van der Waals surface area contributed by atoms with E-state index in [-0.39, 0.29) is 11.5 Å². The summed E-state index contributed by atoms with van der Waals surface area (Å²) in [6, 6.07) is 6.24. The van der Waals surface area contributed by atoms with Crippen molar-refractivity contribution in [2.45, 2.75) is 37.1 Å². The van der Waals surface area contributed by atoms with Gasteiger partial charge in [0, 0.05) is 18.7 Å². The Bertz CT molecular complexity index is 695. The van der Waals surface area contributed by atoms with Gasteiger partial charge in [0.2, 0.25) is 10.0 Å². The largest absolute Gasteiger partial charge is 0.396 e. The van der Waals surface area contributed by atoms with E-state index in [4.69, 9.17) is 10.2 Å². The number of nitrogens with zero attached hydrogens (tertiary/aromatic N) is 3. The minimum absolute atomic E-state index is 0.0764. The van der Waals surface area contributed by atoms with E-state index in [0.29, 0.717) is 5.69 Å². The first kappa shape index (κ1) is 16.6. The molecule has 0 aliphatic heterocycles. The van der Waals surface area contributed by atoms with Crippen LogP contribution in [0.5, 0.6) is 0 Å². The van der Waals surface area contributed by atoms with Crippen LogP contribution in [0, 0.1) is 0 Å². The number of nitrogens with two attached hydrogens (primary N) is 1. The van der Waals surface area contributed by atoms with Crippen LogP contribution in [0.15, 0.2) is 35.4 Å². The van der Waals surface area contributed by atoms with Crippen LogP contribution in [0.1, 0.15) is 25.7 Å². The standard InChI is InChI=1S/C14H20N4O3S/c15-22(20,21)13-7-5-12(6-8-13)14-11-18(17-16-14)9-3-1-2-4-10-19/h5-8,11,19H,1-4,9-10H2,(H2,15,20,21). The summed E-state index contributed by atoms with van der Waals surface area (Å²) in [5.41, 5.74) is 1.48. The fraction of sp³-hybridized carbons (Fsp3) is 0.429. The molecule has 1 heterocycles. The van der Waals surface area contributed by atoms with E-state index in [0.717, 1.165) is 37.8 Å². The summed E-state index contributed by atoms with van der Waals surface area (Å²) >= 11 is 0. The van der Waals surface area contributed by atoms with Crippen molar-refractivity contribution < 1.29 is 13.5 Å². The molecule has 22 heavy (non-hydrogen) atoms. The molecule has 3 N–H and O–H groups in total. The molecule has 120 valence electrons. The molecule has 1 aromatic heterocycles. The number of hydrogen-bond donors (Lipinski definition) is 2. The van der Waals surface area contributed by atoms with Crippen LogP contribution < -0.4 is 5.14 Å². The van der Waals surface area contributed by atoms with Crippen LogP contribution >= 0.6 is 0 Å². The third-order valence-electron chi connectivity index (χ3n) is 3.31. The van der Waals surface area contributed by atoms with Crippen molar-refractivity contribution >= 4 is 10.0 Å². The Balaban J connectivity index is 1.96. The topological polar surface area (TPSA) is 111 Å². The van der Waals surface area contributed by atoms with E-state index in [1.807, 2.05) is 6.20 Å². The highest BCUT2D eigenvalue weighted by molar-refractivity contribution is 7.89. The molecule has 0 amide bonds. The van der Waals surface area contributed by atoms with Crippen molar-refractivity contribution in [3.8, 4) is 11.3 Å². The molecule has 2 rings (SSSR count). The maximum absolute atomic E-state index is 11.2. The second kappa shape index (κ2) is 7.48. The van der Waals surface area contributed by atoms with Gasteiger partial charge in [-0.15, -0.1) is 5.10 Å². The molecule has 0 spiro atoms. The van der Waals surface area contributed by atoms with Gasteiger partial charge in [0.05, 0.1) is 11.1 Å². The molecule has 0 aliphatic rings. The molecular formula is C14H20N4O3S. The maximum atomic E-state index is 11.2. The highest BCUT2D eigenvalue weighted by atomic mass is 32.2. The van der Waals surface area contributed by atoms with Gasteiger partial charge < -0.3 is 5.11 Å². The van der Waals surface area contributed by atoms with Gasteiger partial charge in [-0.25, -0.2) is 13.6 Å². The summed E-state index contributed by atoms with van der Waals surface area (Å²) in [7, 11) is -3.68. The van der Waals surface area contributed by atoms with E-state index in [2.05, 4.69) is 10.3 Å². The Morgan fingerprint density at radius 3 is 2.41 bits per heavy atom. The van der Waals surface area contributed by atoms with Crippen LogP contribution in [0.25, 0.3) is 11.3 Å². The van der Waals surface area contributed by atoms with Crippen molar-refractivity contribution in [2.75, 3.05) is 6.61 Å². The predicted molar refractivity (Wildman–Crippen MR) is 82.4 cm³/mol. The molecule has 0 saturated heterocycles. The zero-order valence-electron chi connectivity index (χ0n) is 12.2. The Kier molecular flexibility index (Phi) is 5.64. The second-order valence-corrected chi connectivity index (χ2v) is 6.64. The smallest absolute Gasteiger partial charge is 0.238 e. The Labute approximate surface area is 129 Å². The molecule has 8 heteroatoms. The normalized spacial score (nSPS) is 11.7. The second-order valence-electron chi connectivity index (χ2n) is 5.07. The summed E-state index contributed by atoms with van der Waals surface area (Å²) in [6.45, 7) is 1.01. The molecule has 2 aromatic rings. The number of aliphatic hydroxyl groups excluding tert-OH is 1. The number of primary sulfonamides is 1. The minimum atomic E-state index is -3.68. The zero-order chi connectivity index (χ0) is 16.0. The minimum Gasteiger partial charge on any atom is -0.396 e. The van der Waals surface area contributed by atoms with Crippen molar-refractivity contribution in [1.82, 2.24) is 15.0 Å². The Morgan fingerprint density at radius 2 is 1.77 bits per heavy atom. The number of rotatable bonds is 8. The van der Waals surface area contributed by atoms with Gasteiger partial charge in [0.1, 0.15) is 5.69 Å². The highest BCUT2D eigenvalue weighted by Crippen LogP contribution is 2.18. The lowest BCUT2D eigenvalue weighted by Crippen LogP contribution is -2.11. The quantitative estimate of drug-likeness (QED) is 0.707. The van der Waals surface area contributed by atoms with Crippen molar-refractivity contribution in [3.63, 3.8) is 0 Å². The molecule has 0 radical (unpaired) electrons. The summed E-state index contributed by atoms with van der Waals surface area (Å²) in [6.07, 6.45) is 5.69. The fourth-order valence-corrected chi connectivity index (χ4v) is 2.61.